The van der Waals surface area contributed by atoms with Crippen LogP contribution in [0.15, 0.2) is 43.1 Å². The number of hydrogen-bond acceptors (Lipinski definition) is 3. The molecule has 26 heavy (non-hydrogen) atoms. The van der Waals surface area contributed by atoms with Crippen LogP contribution in [0.25, 0.3) is 0 Å². The molecule has 0 saturated heterocycles. The molecule has 1 N–H and O–H groups in total. The SMILES string of the molecule is C=CC(=O)NCC1Cc2c(cnn2C)N(c2ccc(C(F)(F)F)cc2)C1. The Bertz CT molecular complexity index is 811. The summed E-state index contributed by atoms with van der Waals surface area (Å²) in [5, 5.41) is 7.05. The average Bonchev–Trinajstić information content (AvgIpc) is 2.99. The van der Waals surface area contributed by atoms with E-state index in [1.54, 1.807) is 10.9 Å². The number of halogens is 3. The minimum atomic E-state index is -4.36. The number of anilines is 2. The van der Waals surface area contributed by atoms with Gasteiger partial charge in [0.05, 0.1) is 23.1 Å². The first-order valence-electron chi connectivity index (χ1n) is 8.15. The molecule has 0 aliphatic carbocycles. The molecule has 1 amide bonds. The van der Waals surface area contributed by atoms with Gasteiger partial charge in [0, 0.05) is 25.8 Å². The van der Waals surface area contributed by atoms with Crippen LogP contribution in [0.1, 0.15) is 11.3 Å². The van der Waals surface area contributed by atoms with E-state index in [0.29, 0.717) is 18.8 Å². The summed E-state index contributed by atoms with van der Waals surface area (Å²) in [6.07, 6.45) is -0.713. The van der Waals surface area contributed by atoms with E-state index in [-0.39, 0.29) is 11.8 Å². The van der Waals surface area contributed by atoms with E-state index in [1.165, 1.54) is 18.2 Å². The quantitative estimate of drug-likeness (QED) is 0.849. The zero-order chi connectivity index (χ0) is 18.9. The summed E-state index contributed by atoms with van der Waals surface area (Å²) >= 11 is 0. The van der Waals surface area contributed by atoms with Crippen molar-refractivity contribution in [2.45, 2.75) is 12.6 Å². The Balaban J connectivity index is 1.87. The highest BCUT2D eigenvalue weighted by Crippen LogP contribution is 2.36. The molecule has 1 aromatic carbocycles. The Labute approximate surface area is 149 Å². The molecule has 5 nitrogen and oxygen atoms in total. The summed E-state index contributed by atoms with van der Waals surface area (Å²) < 4.78 is 40.2. The number of alkyl halides is 3. The number of carbonyl (C=O) groups is 1. The van der Waals surface area contributed by atoms with Gasteiger partial charge in [-0.05, 0) is 42.7 Å². The van der Waals surface area contributed by atoms with Gasteiger partial charge in [0.1, 0.15) is 0 Å². The number of nitrogens with zero attached hydrogens (tertiary/aromatic N) is 3. The van der Waals surface area contributed by atoms with Gasteiger partial charge in [-0.25, -0.2) is 0 Å². The van der Waals surface area contributed by atoms with Gasteiger partial charge in [0.2, 0.25) is 5.91 Å². The third-order valence-electron chi connectivity index (χ3n) is 4.51. The van der Waals surface area contributed by atoms with Crippen LogP contribution in [0.3, 0.4) is 0 Å². The van der Waals surface area contributed by atoms with E-state index in [0.717, 1.165) is 29.9 Å². The van der Waals surface area contributed by atoms with Crippen molar-refractivity contribution in [2.75, 3.05) is 18.0 Å². The summed E-state index contributed by atoms with van der Waals surface area (Å²) in [4.78, 5) is 13.4. The fraction of sp³-hybridized carbons (Fsp3) is 0.333. The van der Waals surface area contributed by atoms with Gasteiger partial charge in [0.15, 0.2) is 0 Å². The fourth-order valence-electron chi connectivity index (χ4n) is 3.14. The van der Waals surface area contributed by atoms with Gasteiger partial charge in [-0.15, -0.1) is 0 Å². The lowest BCUT2D eigenvalue weighted by molar-refractivity contribution is -0.137. The molecule has 3 rings (SSSR count). The van der Waals surface area contributed by atoms with Crippen LogP contribution in [0, 0.1) is 5.92 Å². The number of carbonyl (C=O) groups excluding carboxylic acids is 1. The maximum atomic E-state index is 12.8. The molecule has 8 heteroatoms. The van der Waals surface area contributed by atoms with Crippen molar-refractivity contribution in [2.24, 2.45) is 13.0 Å². The first-order valence-corrected chi connectivity index (χ1v) is 8.15. The fourth-order valence-corrected chi connectivity index (χ4v) is 3.14. The van der Waals surface area contributed by atoms with Crippen molar-refractivity contribution >= 4 is 17.3 Å². The Morgan fingerprint density at radius 1 is 1.38 bits per heavy atom. The second kappa shape index (κ2) is 6.86. The van der Waals surface area contributed by atoms with Gasteiger partial charge in [-0.3, -0.25) is 9.48 Å². The predicted molar refractivity (Wildman–Crippen MR) is 92.1 cm³/mol. The zero-order valence-corrected chi connectivity index (χ0v) is 14.3. The van der Waals surface area contributed by atoms with Crippen molar-refractivity contribution in [3.63, 3.8) is 0 Å². The van der Waals surface area contributed by atoms with Gasteiger partial charge in [-0.2, -0.15) is 18.3 Å². The van der Waals surface area contributed by atoms with Crippen molar-refractivity contribution < 1.29 is 18.0 Å². The Hall–Kier alpha value is -2.77. The summed E-state index contributed by atoms with van der Waals surface area (Å²) in [6.45, 7) is 4.45. The maximum Gasteiger partial charge on any atom is 0.416 e. The third kappa shape index (κ3) is 3.58. The smallest absolute Gasteiger partial charge is 0.352 e. The van der Waals surface area contributed by atoms with E-state index in [2.05, 4.69) is 17.0 Å². The molecule has 138 valence electrons. The van der Waals surface area contributed by atoms with Crippen molar-refractivity contribution in [3.8, 4) is 0 Å². The molecule has 1 aliphatic heterocycles. The largest absolute Gasteiger partial charge is 0.416 e. The zero-order valence-electron chi connectivity index (χ0n) is 14.3. The second-order valence-electron chi connectivity index (χ2n) is 6.27. The number of hydrogen-bond donors (Lipinski definition) is 1. The molecule has 2 aromatic rings. The van der Waals surface area contributed by atoms with Gasteiger partial charge in [0.25, 0.3) is 0 Å². The van der Waals surface area contributed by atoms with E-state index < -0.39 is 11.7 Å². The lowest BCUT2D eigenvalue weighted by Gasteiger charge is -2.34. The van der Waals surface area contributed by atoms with Crippen LogP contribution < -0.4 is 10.2 Å². The molecular formula is C18H19F3N4O. The Kier molecular flexibility index (Phi) is 4.76. The van der Waals surface area contributed by atoms with Crippen LogP contribution in [0.4, 0.5) is 24.5 Å². The van der Waals surface area contributed by atoms with Gasteiger partial charge in [-0.1, -0.05) is 6.58 Å². The predicted octanol–water partition coefficient (Wildman–Crippen LogP) is 3.05. The summed E-state index contributed by atoms with van der Waals surface area (Å²) in [7, 11) is 1.83. The second-order valence-corrected chi connectivity index (χ2v) is 6.27. The molecule has 1 aliphatic rings. The highest BCUT2D eigenvalue weighted by Gasteiger charge is 2.32. The van der Waals surface area contributed by atoms with E-state index >= 15 is 0 Å². The van der Waals surface area contributed by atoms with Crippen LogP contribution in [0.2, 0.25) is 0 Å². The van der Waals surface area contributed by atoms with Crippen molar-refractivity contribution in [3.05, 3.63) is 54.4 Å². The van der Waals surface area contributed by atoms with Crippen LogP contribution >= 0.6 is 0 Å². The molecule has 0 fully saturated rings. The molecule has 2 heterocycles. The average molecular weight is 364 g/mol. The first kappa shape index (κ1) is 18.0. The molecule has 0 spiro atoms. The maximum absolute atomic E-state index is 12.8. The van der Waals surface area contributed by atoms with Crippen molar-refractivity contribution in [1.82, 2.24) is 15.1 Å². The highest BCUT2D eigenvalue weighted by atomic mass is 19.4. The lowest BCUT2D eigenvalue weighted by Crippen LogP contribution is -2.39. The minimum Gasteiger partial charge on any atom is -0.352 e. The standard InChI is InChI=1S/C18H19F3N4O/c1-3-17(26)22-9-12-8-15-16(10-23-24(15)2)25(11-12)14-6-4-13(5-7-14)18(19,20)21/h3-7,10,12H,1,8-9,11H2,2H3,(H,22,26). The van der Waals surface area contributed by atoms with Gasteiger partial charge >= 0.3 is 6.18 Å². The number of rotatable bonds is 4. The van der Waals surface area contributed by atoms with Crippen LogP contribution in [0.5, 0.6) is 0 Å². The first-order chi connectivity index (χ1) is 12.3. The monoisotopic (exact) mass is 364 g/mol. The normalized spacial score (nSPS) is 16.9. The Morgan fingerprint density at radius 2 is 2.08 bits per heavy atom. The number of benzene rings is 1. The third-order valence-corrected chi connectivity index (χ3v) is 4.51. The number of amides is 1. The summed E-state index contributed by atoms with van der Waals surface area (Å²) in [6, 6.07) is 5.08. The number of nitrogens with one attached hydrogen (secondary N) is 1. The van der Waals surface area contributed by atoms with E-state index in [1.807, 2.05) is 11.9 Å². The number of fused-ring (bicyclic) bond motifs is 1. The summed E-state index contributed by atoms with van der Waals surface area (Å²) in [5.41, 5.74) is 1.83. The number of aromatic nitrogens is 2. The molecule has 0 radical (unpaired) electrons. The lowest BCUT2D eigenvalue weighted by atomic mass is 9.96. The molecular weight excluding hydrogens is 345 g/mol. The van der Waals surface area contributed by atoms with Gasteiger partial charge < -0.3 is 10.2 Å². The minimum absolute atomic E-state index is 0.101. The molecule has 1 atom stereocenters. The van der Waals surface area contributed by atoms with Crippen LogP contribution in [-0.2, 0) is 24.4 Å². The van der Waals surface area contributed by atoms with Crippen molar-refractivity contribution in [1.29, 1.82) is 0 Å². The summed E-state index contributed by atoms with van der Waals surface area (Å²) in [5.74, 6) is -0.147. The molecule has 0 bridgehead atoms. The van der Waals surface area contributed by atoms with E-state index in [4.69, 9.17) is 0 Å². The van der Waals surface area contributed by atoms with E-state index in [9.17, 15) is 18.0 Å². The number of aryl methyl sites for hydroxylation is 1. The van der Waals surface area contributed by atoms with Crippen LogP contribution in [-0.4, -0.2) is 28.8 Å². The molecule has 0 saturated carbocycles. The Morgan fingerprint density at radius 3 is 2.69 bits per heavy atom. The highest BCUT2D eigenvalue weighted by molar-refractivity contribution is 5.86. The topological polar surface area (TPSA) is 50.2 Å². The molecule has 1 unspecified atom stereocenters. The molecule has 1 aromatic heterocycles.